The molecule has 1 aliphatic rings. The maximum Gasteiger partial charge on any atom is 0.257 e. The number of amides is 2. The Kier molecular flexibility index (Phi) is 9.34. The molecule has 0 atom stereocenters. The van der Waals surface area contributed by atoms with Gasteiger partial charge >= 0.3 is 0 Å². The number of aromatic nitrogens is 4. The second-order valence-corrected chi connectivity index (χ2v) is 9.37. The van der Waals surface area contributed by atoms with E-state index in [1.807, 2.05) is 6.92 Å². The van der Waals surface area contributed by atoms with Crippen molar-refractivity contribution in [1.82, 2.24) is 25.4 Å². The summed E-state index contributed by atoms with van der Waals surface area (Å²) in [6.07, 6.45) is 8.63. The Morgan fingerprint density at radius 3 is 2.51 bits per heavy atom. The minimum atomic E-state index is -1.08. The second kappa shape index (κ2) is 13.1. The van der Waals surface area contributed by atoms with Crippen molar-refractivity contribution in [3.63, 3.8) is 0 Å². The summed E-state index contributed by atoms with van der Waals surface area (Å²) in [7, 11) is 0. The lowest BCUT2D eigenvalue weighted by molar-refractivity contribution is -0.117. The number of hydrogen-bond donors (Lipinski definition) is 2. The van der Waals surface area contributed by atoms with Crippen molar-refractivity contribution in [2.24, 2.45) is 11.7 Å². The summed E-state index contributed by atoms with van der Waals surface area (Å²) >= 11 is 0. The number of benzene rings is 1. The number of anilines is 1. The highest BCUT2D eigenvalue weighted by atomic mass is 19.1. The van der Waals surface area contributed by atoms with Gasteiger partial charge < -0.3 is 25.2 Å². The fourth-order valence-corrected chi connectivity index (χ4v) is 4.38. The van der Waals surface area contributed by atoms with Gasteiger partial charge in [-0.2, -0.15) is 4.98 Å². The van der Waals surface area contributed by atoms with E-state index >= 15 is 0 Å². The zero-order chi connectivity index (χ0) is 27.8. The van der Waals surface area contributed by atoms with Gasteiger partial charge in [0.05, 0.1) is 18.7 Å². The highest BCUT2D eigenvalue weighted by Crippen LogP contribution is 2.26. The normalized spacial score (nSPS) is 13.9. The SMILES string of the molecule is CCCc1nc(-c2cnc(N3CCC(CCCOc4cc(F)c(C(=O)NCC(N)=O)c(F)c4)CC3)nc2)no1. The molecule has 2 aromatic heterocycles. The Hall–Kier alpha value is -4.16. The lowest BCUT2D eigenvalue weighted by Crippen LogP contribution is -2.34. The summed E-state index contributed by atoms with van der Waals surface area (Å²) in [5, 5.41) is 6.05. The molecule has 0 saturated carbocycles. The molecule has 1 aliphatic heterocycles. The fourth-order valence-electron chi connectivity index (χ4n) is 4.38. The van der Waals surface area contributed by atoms with Crippen LogP contribution in [-0.4, -0.2) is 58.2 Å². The maximum atomic E-state index is 14.3. The molecule has 3 N–H and O–H groups in total. The highest BCUT2D eigenvalue weighted by Gasteiger charge is 2.22. The maximum absolute atomic E-state index is 14.3. The van der Waals surface area contributed by atoms with E-state index in [9.17, 15) is 18.4 Å². The molecular weight excluding hydrogens is 512 g/mol. The molecule has 1 saturated heterocycles. The van der Waals surface area contributed by atoms with Crippen molar-refractivity contribution in [1.29, 1.82) is 0 Å². The third-order valence-corrected chi connectivity index (χ3v) is 6.42. The fraction of sp³-hybridized carbons (Fsp3) is 0.462. The van der Waals surface area contributed by atoms with Crippen LogP contribution in [0.5, 0.6) is 5.75 Å². The highest BCUT2D eigenvalue weighted by molar-refractivity contribution is 5.96. The second-order valence-electron chi connectivity index (χ2n) is 9.37. The quantitative estimate of drug-likeness (QED) is 0.329. The molecule has 0 unspecified atom stereocenters. The van der Waals surface area contributed by atoms with Gasteiger partial charge in [-0.05, 0) is 38.0 Å². The molecule has 39 heavy (non-hydrogen) atoms. The Labute approximate surface area is 224 Å². The number of piperidine rings is 1. The van der Waals surface area contributed by atoms with Gasteiger partial charge in [-0.3, -0.25) is 9.59 Å². The molecule has 11 nitrogen and oxygen atoms in total. The van der Waals surface area contributed by atoms with Crippen LogP contribution < -0.4 is 20.7 Å². The van der Waals surface area contributed by atoms with Gasteiger partial charge in [0, 0.05) is 44.0 Å². The molecule has 1 aromatic carbocycles. The van der Waals surface area contributed by atoms with Crippen molar-refractivity contribution in [2.45, 2.75) is 45.4 Å². The van der Waals surface area contributed by atoms with Crippen LogP contribution in [-0.2, 0) is 11.2 Å². The molecular formula is C26H31F2N7O4. The molecule has 0 radical (unpaired) electrons. The van der Waals surface area contributed by atoms with E-state index in [-0.39, 0.29) is 12.4 Å². The van der Waals surface area contributed by atoms with Crippen LogP contribution in [0.2, 0.25) is 0 Å². The van der Waals surface area contributed by atoms with Crippen molar-refractivity contribution in [3.8, 4) is 17.1 Å². The Balaban J connectivity index is 1.19. The first kappa shape index (κ1) is 27.9. The van der Waals surface area contributed by atoms with E-state index < -0.39 is 35.6 Å². The number of aryl methyl sites for hydroxylation is 1. The average Bonchev–Trinajstić information content (AvgIpc) is 3.39. The molecule has 3 heterocycles. The standard InChI is InChI=1S/C26H31F2N7O4/c1-2-4-22-33-24(34-39-22)17-13-31-26(32-14-17)35-8-6-16(7-9-35)5-3-10-38-18-11-19(27)23(20(28)12-18)25(37)30-15-21(29)36/h11-14,16H,2-10,15H2,1H3,(H2,29,36)(H,30,37). The van der Waals surface area contributed by atoms with E-state index in [1.165, 1.54) is 0 Å². The van der Waals surface area contributed by atoms with Gasteiger partial charge in [0.2, 0.25) is 23.6 Å². The van der Waals surface area contributed by atoms with Crippen LogP contribution in [0.4, 0.5) is 14.7 Å². The van der Waals surface area contributed by atoms with Crippen LogP contribution in [0.25, 0.3) is 11.4 Å². The zero-order valence-electron chi connectivity index (χ0n) is 21.7. The van der Waals surface area contributed by atoms with E-state index in [1.54, 1.807) is 12.4 Å². The van der Waals surface area contributed by atoms with Crippen LogP contribution in [0, 0.1) is 17.6 Å². The summed E-state index contributed by atoms with van der Waals surface area (Å²) in [4.78, 5) is 38.1. The van der Waals surface area contributed by atoms with Gasteiger partial charge in [0.1, 0.15) is 22.9 Å². The molecule has 0 spiro atoms. The molecule has 4 rings (SSSR count). The lowest BCUT2D eigenvalue weighted by atomic mass is 9.92. The van der Waals surface area contributed by atoms with Crippen molar-refractivity contribution >= 4 is 17.8 Å². The number of nitrogens with two attached hydrogens (primary N) is 1. The predicted molar refractivity (Wildman–Crippen MR) is 137 cm³/mol. The van der Waals surface area contributed by atoms with E-state index in [2.05, 4.69) is 30.3 Å². The predicted octanol–water partition coefficient (Wildman–Crippen LogP) is 3.05. The van der Waals surface area contributed by atoms with Crippen LogP contribution in [0.1, 0.15) is 55.3 Å². The molecule has 208 valence electrons. The van der Waals surface area contributed by atoms with E-state index in [0.29, 0.717) is 35.6 Å². The largest absolute Gasteiger partial charge is 0.493 e. The lowest BCUT2D eigenvalue weighted by Gasteiger charge is -2.32. The number of carbonyl (C=O) groups excluding carboxylic acids is 2. The van der Waals surface area contributed by atoms with Crippen molar-refractivity contribution in [2.75, 3.05) is 31.1 Å². The van der Waals surface area contributed by atoms with Gasteiger partial charge in [-0.15, -0.1) is 0 Å². The third kappa shape index (κ3) is 7.45. The van der Waals surface area contributed by atoms with Crippen molar-refractivity contribution < 1.29 is 27.6 Å². The Bertz CT molecular complexity index is 1250. The molecule has 2 amide bonds. The smallest absolute Gasteiger partial charge is 0.257 e. The summed E-state index contributed by atoms with van der Waals surface area (Å²) in [5.74, 6) is -1.80. The first-order chi connectivity index (χ1) is 18.8. The number of rotatable bonds is 12. The summed E-state index contributed by atoms with van der Waals surface area (Å²) < 4.78 is 39.3. The van der Waals surface area contributed by atoms with Gasteiger partial charge in [-0.1, -0.05) is 12.1 Å². The van der Waals surface area contributed by atoms with Gasteiger partial charge in [-0.25, -0.2) is 18.7 Å². The first-order valence-electron chi connectivity index (χ1n) is 12.9. The minimum Gasteiger partial charge on any atom is -0.493 e. The minimum absolute atomic E-state index is 0.00530. The topological polar surface area (TPSA) is 149 Å². The monoisotopic (exact) mass is 543 g/mol. The Morgan fingerprint density at radius 2 is 1.87 bits per heavy atom. The summed E-state index contributed by atoms with van der Waals surface area (Å²) in [6, 6.07) is 1.91. The summed E-state index contributed by atoms with van der Waals surface area (Å²) in [6.45, 7) is 3.46. The third-order valence-electron chi connectivity index (χ3n) is 6.42. The molecule has 1 fully saturated rings. The number of halogens is 2. The van der Waals surface area contributed by atoms with Gasteiger partial charge in [0.15, 0.2) is 0 Å². The molecule has 13 heteroatoms. The van der Waals surface area contributed by atoms with Gasteiger partial charge in [0.25, 0.3) is 5.91 Å². The molecule has 3 aromatic rings. The van der Waals surface area contributed by atoms with Crippen molar-refractivity contribution in [3.05, 3.63) is 47.6 Å². The van der Waals surface area contributed by atoms with Crippen LogP contribution in [0.15, 0.2) is 29.0 Å². The van der Waals surface area contributed by atoms with E-state index in [4.69, 9.17) is 15.0 Å². The average molecular weight is 544 g/mol. The first-order valence-corrected chi connectivity index (χ1v) is 12.9. The number of ether oxygens (including phenoxy) is 1. The summed E-state index contributed by atoms with van der Waals surface area (Å²) in [5.41, 5.74) is 4.85. The Morgan fingerprint density at radius 1 is 1.18 bits per heavy atom. The number of carbonyl (C=O) groups is 2. The van der Waals surface area contributed by atoms with Crippen LogP contribution >= 0.6 is 0 Å². The van der Waals surface area contributed by atoms with E-state index in [0.717, 1.165) is 57.3 Å². The number of hydrogen-bond acceptors (Lipinski definition) is 9. The number of primary amides is 1. The van der Waals surface area contributed by atoms with Crippen LogP contribution in [0.3, 0.4) is 0 Å². The number of nitrogens with zero attached hydrogens (tertiary/aromatic N) is 5. The molecule has 0 aliphatic carbocycles. The number of nitrogens with one attached hydrogen (secondary N) is 1. The zero-order valence-corrected chi connectivity index (χ0v) is 21.7. The molecule has 0 bridgehead atoms.